The number of nitrogens with zero attached hydrogens (tertiary/aromatic N) is 4. The van der Waals surface area contributed by atoms with Crippen LogP contribution >= 0.6 is 0 Å². The summed E-state index contributed by atoms with van der Waals surface area (Å²) in [7, 11) is 1.63. The van der Waals surface area contributed by atoms with Crippen molar-refractivity contribution in [2.75, 3.05) is 7.11 Å². The zero-order valence-electron chi connectivity index (χ0n) is 13.8. The fraction of sp³-hybridized carbons (Fsp3) is 0.429. The van der Waals surface area contributed by atoms with E-state index in [9.17, 15) is 0 Å². The number of hydrogen-bond acceptors (Lipinski definition) is 8. The van der Waals surface area contributed by atoms with E-state index in [0.717, 1.165) is 11.3 Å². The van der Waals surface area contributed by atoms with E-state index in [1.807, 2.05) is 18.2 Å². The summed E-state index contributed by atoms with van der Waals surface area (Å²) < 4.78 is 11.3. The molecule has 10 heteroatoms. The van der Waals surface area contributed by atoms with Crippen LogP contribution in [0.2, 0.25) is 0 Å². The van der Waals surface area contributed by atoms with Gasteiger partial charge in [-0.15, -0.1) is 10.2 Å². The third-order valence-corrected chi connectivity index (χ3v) is 3.40. The first-order valence-corrected chi connectivity index (χ1v) is 7.37. The van der Waals surface area contributed by atoms with Crippen molar-refractivity contribution < 1.29 is 9.47 Å². The molecule has 0 aromatic heterocycles. The molecule has 6 N–H and O–H groups in total. The van der Waals surface area contributed by atoms with Crippen molar-refractivity contribution in [2.45, 2.75) is 32.2 Å². The normalized spacial score (nSPS) is 21.1. The minimum absolute atomic E-state index is 0.244. The molecular weight excluding hydrogens is 312 g/mol. The van der Waals surface area contributed by atoms with Crippen molar-refractivity contribution >= 4 is 0 Å². The Bertz CT molecular complexity index is 644. The zero-order chi connectivity index (χ0) is 17.5. The monoisotopic (exact) mass is 334 g/mol. The Labute approximate surface area is 139 Å². The summed E-state index contributed by atoms with van der Waals surface area (Å²) in [6.45, 7) is 4.14. The molecule has 0 fully saturated rings. The van der Waals surface area contributed by atoms with Crippen molar-refractivity contribution in [1.82, 2.24) is 10.6 Å². The van der Waals surface area contributed by atoms with E-state index in [1.54, 1.807) is 13.3 Å². The smallest absolute Gasteiger partial charge is 0.197 e. The van der Waals surface area contributed by atoms with Crippen molar-refractivity contribution in [3.05, 3.63) is 35.7 Å². The number of benzene rings is 1. The highest BCUT2D eigenvalue weighted by Crippen LogP contribution is 2.32. The average molecular weight is 334 g/mol. The minimum atomic E-state index is -0.617. The Hall–Kier alpha value is -2.88. The van der Waals surface area contributed by atoms with Gasteiger partial charge in [0.2, 0.25) is 0 Å². The van der Waals surface area contributed by atoms with Gasteiger partial charge in [0.25, 0.3) is 0 Å². The minimum Gasteiger partial charge on any atom is -0.497 e. The second kappa shape index (κ2) is 8.11. The number of methoxy groups -OCH3 is 1. The third kappa shape index (κ3) is 4.10. The summed E-state index contributed by atoms with van der Waals surface area (Å²) in [5.41, 5.74) is 1.00. The van der Waals surface area contributed by atoms with Gasteiger partial charge >= 0.3 is 0 Å². The van der Waals surface area contributed by atoms with Gasteiger partial charge in [-0.1, -0.05) is 24.3 Å². The first-order valence-electron chi connectivity index (χ1n) is 7.37. The van der Waals surface area contributed by atoms with Crippen molar-refractivity contribution in [3.63, 3.8) is 0 Å². The lowest BCUT2D eigenvalue weighted by Gasteiger charge is -2.27. The Morgan fingerprint density at radius 2 is 1.92 bits per heavy atom. The summed E-state index contributed by atoms with van der Waals surface area (Å²) in [4.78, 5) is 0. The lowest BCUT2D eigenvalue weighted by atomic mass is 10.0. The van der Waals surface area contributed by atoms with Crippen LogP contribution in [0.15, 0.2) is 50.8 Å². The molecule has 0 bridgehead atoms. The number of hydrogen-bond donors (Lipinski definition) is 4. The van der Waals surface area contributed by atoms with Gasteiger partial charge in [0.15, 0.2) is 18.2 Å². The molecule has 1 aromatic rings. The van der Waals surface area contributed by atoms with Gasteiger partial charge in [-0.05, 0) is 24.1 Å². The molecule has 130 valence electrons. The van der Waals surface area contributed by atoms with Crippen LogP contribution in [0.25, 0.3) is 0 Å². The van der Waals surface area contributed by atoms with E-state index < -0.39 is 12.5 Å². The van der Waals surface area contributed by atoms with Gasteiger partial charge < -0.3 is 26.5 Å². The zero-order valence-corrected chi connectivity index (χ0v) is 13.8. The van der Waals surface area contributed by atoms with Crippen LogP contribution < -0.4 is 31.8 Å². The van der Waals surface area contributed by atoms with E-state index in [1.165, 1.54) is 0 Å². The van der Waals surface area contributed by atoms with Crippen molar-refractivity contribution in [2.24, 2.45) is 32.4 Å². The van der Waals surface area contributed by atoms with Gasteiger partial charge in [0, 0.05) is 11.8 Å². The number of rotatable bonds is 6. The molecule has 1 heterocycles. The van der Waals surface area contributed by atoms with E-state index in [2.05, 4.69) is 45.2 Å². The van der Waals surface area contributed by atoms with Crippen LogP contribution in [-0.2, 0) is 0 Å². The molecular formula is C14H22N8O2. The molecule has 0 aliphatic carbocycles. The topological polar surface area (TPSA) is 144 Å². The van der Waals surface area contributed by atoms with Crippen LogP contribution in [0, 0.1) is 0 Å². The molecule has 2 atom stereocenters. The summed E-state index contributed by atoms with van der Waals surface area (Å²) in [6.07, 6.45) is 0.468. The second-order valence-electron chi connectivity index (χ2n) is 5.31. The Kier molecular flexibility index (Phi) is 5.90. The Balaban J connectivity index is 2.28. The van der Waals surface area contributed by atoms with E-state index in [-0.39, 0.29) is 5.92 Å². The molecule has 24 heavy (non-hydrogen) atoms. The van der Waals surface area contributed by atoms with Crippen LogP contribution in [0.3, 0.4) is 0 Å². The van der Waals surface area contributed by atoms with Gasteiger partial charge in [-0.25, -0.2) is 5.32 Å². The van der Waals surface area contributed by atoms with Crippen molar-refractivity contribution in [1.29, 1.82) is 0 Å². The fourth-order valence-corrected chi connectivity index (χ4v) is 2.22. The third-order valence-electron chi connectivity index (χ3n) is 3.40. The molecule has 1 aromatic carbocycles. The molecule has 0 saturated carbocycles. The molecule has 2 unspecified atom stereocenters. The van der Waals surface area contributed by atoms with Crippen LogP contribution in [0.4, 0.5) is 0 Å². The van der Waals surface area contributed by atoms with Crippen molar-refractivity contribution in [3.8, 4) is 11.5 Å². The molecule has 10 nitrogen and oxygen atoms in total. The highest BCUT2D eigenvalue weighted by Gasteiger charge is 2.26. The number of ether oxygens (including phenoxy) is 2. The second-order valence-corrected chi connectivity index (χ2v) is 5.31. The predicted molar refractivity (Wildman–Crippen MR) is 87.7 cm³/mol. The maximum atomic E-state index is 6.01. The average Bonchev–Trinajstić information content (AvgIpc) is 2.57. The SMILES string of the molecule is COc1ccc(OC2=CNC(N=NN)NC2N=NN)c(C(C)C)c1. The standard InChI is InChI=1S/C14H22N8O2/c1-8(2)10-6-9(23-3)4-5-11(10)24-12-7-17-14(20-22-16)18-13(12)19-21-15/h4-8,13-14,17-18H,1-3H3,(H2,15,19)(H2,16,20). The molecule has 0 amide bonds. The molecule has 2 rings (SSSR count). The van der Waals surface area contributed by atoms with E-state index >= 15 is 0 Å². The summed E-state index contributed by atoms with van der Waals surface area (Å²) in [5, 5.41) is 20.1. The molecule has 0 radical (unpaired) electrons. The highest BCUT2D eigenvalue weighted by atomic mass is 16.5. The van der Waals surface area contributed by atoms with Gasteiger partial charge in [-0.2, -0.15) is 0 Å². The number of nitrogens with one attached hydrogen (secondary N) is 2. The molecule has 0 spiro atoms. The van der Waals surface area contributed by atoms with Crippen LogP contribution in [0.5, 0.6) is 11.5 Å². The molecule has 0 saturated heterocycles. The van der Waals surface area contributed by atoms with Crippen LogP contribution in [0.1, 0.15) is 25.3 Å². The fourth-order valence-electron chi connectivity index (χ4n) is 2.22. The van der Waals surface area contributed by atoms with Gasteiger partial charge in [0.05, 0.1) is 7.11 Å². The Morgan fingerprint density at radius 1 is 1.17 bits per heavy atom. The summed E-state index contributed by atoms with van der Waals surface area (Å²) in [6, 6.07) is 5.61. The number of nitrogens with two attached hydrogens (primary N) is 2. The van der Waals surface area contributed by atoms with Crippen LogP contribution in [-0.4, -0.2) is 19.6 Å². The van der Waals surface area contributed by atoms with E-state index in [4.69, 9.17) is 21.2 Å². The maximum absolute atomic E-state index is 6.01. The van der Waals surface area contributed by atoms with Gasteiger partial charge in [-0.3, -0.25) is 0 Å². The lowest BCUT2D eigenvalue weighted by molar-refractivity contribution is 0.289. The van der Waals surface area contributed by atoms with Gasteiger partial charge in [0.1, 0.15) is 11.5 Å². The summed E-state index contributed by atoms with van der Waals surface area (Å²) in [5.74, 6) is 12.4. The maximum Gasteiger partial charge on any atom is 0.197 e. The highest BCUT2D eigenvalue weighted by molar-refractivity contribution is 5.43. The Morgan fingerprint density at radius 3 is 2.54 bits per heavy atom. The molecule has 1 aliphatic heterocycles. The summed E-state index contributed by atoms with van der Waals surface area (Å²) >= 11 is 0. The lowest BCUT2D eigenvalue weighted by Crippen LogP contribution is -2.49. The first kappa shape index (κ1) is 17.5. The van der Waals surface area contributed by atoms with E-state index in [0.29, 0.717) is 11.5 Å². The largest absolute Gasteiger partial charge is 0.497 e. The molecule has 1 aliphatic rings. The first-order chi connectivity index (χ1) is 11.6. The quantitative estimate of drug-likeness (QED) is 0.352. The predicted octanol–water partition coefficient (Wildman–Crippen LogP) is 1.49.